The van der Waals surface area contributed by atoms with Gasteiger partial charge >= 0.3 is 0 Å². The third kappa shape index (κ3) is 27.5. The summed E-state index contributed by atoms with van der Waals surface area (Å²) in [5, 5.41) is 2.86. The molecule has 0 amide bonds. The van der Waals surface area contributed by atoms with Crippen LogP contribution in [-0.2, 0) is 0 Å². The normalized spacial score (nSPS) is 8.73. The van der Waals surface area contributed by atoms with Gasteiger partial charge < -0.3 is 5.32 Å². The minimum absolute atomic E-state index is 0.613. The van der Waals surface area contributed by atoms with Gasteiger partial charge in [0.05, 0.1) is 0 Å². The Morgan fingerprint density at radius 3 is 2.00 bits per heavy atom. The van der Waals surface area contributed by atoms with Crippen molar-refractivity contribution in [1.29, 1.82) is 0 Å². The summed E-state index contributed by atoms with van der Waals surface area (Å²) in [6.07, 6.45) is 7.36. The van der Waals surface area contributed by atoms with Gasteiger partial charge in [-0.25, -0.2) is 0 Å². The zero-order chi connectivity index (χ0) is 9.11. The van der Waals surface area contributed by atoms with Crippen molar-refractivity contribution < 1.29 is 0 Å². The van der Waals surface area contributed by atoms with E-state index in [0.717, 1.165) is 0 Å². The molecule has 0 aromatic heterocycles. The van der Waals surface area contributed by atoms with E-state index < -0.39 is 0 Å². The summed E-state index contributed by atoms with van der Waals surface area (Å²) in [5.41, 5.74) is 0. The van der Waals surface area contributed by atoms with Crippen LogP contribution in [0.3, 0.4) is 0 Å². The van der Waals surface area contributed by atoms with Gasteiger partial charge in [0.2, 0.25) is 0 Å². The fourth-order valence-electron chi connectivity index (χ4n) is 0.316. The highest BCUT2D eigenvalue weighted by molar-refractivity contribution is 4.85. The molecule has 1 heteroatoms. The Morgan fingerprint density at radius 1 is 1.27 bits per heavy atom. The highest BCUT2D eigenvalue weighted by Crippen LogP contribution is 1.90. The predicted molar refractivity (Wildman–Crippen MR) is 53.2 cm³/mol. The molecule has 0 radical (unpaired) electrons. The lowest BCUT2D eigenvalue weighted by Crippen LogP contribution is -1.90. The first-order valence-electron chi connectivity index (χ1n) is 3.79. The van der Waals surface area contributed by atoms with Crippen molar-refractivity contribution in [2.45, 2.75) is 20.8 Å². The van der Waals surface area contributed by atoms with E-state index in [1.54, 1.807) is 12.3 Å². The van der Waals surface area contributed by atoms with E-state index in [0.29, 0.717) is 5.92 Å². The molecule has 0 saturated carbocycles. The maximum atomic E-state index is 3.50. The molecule has 0 heterocycles. The first-order chi connectivity index (χ1) is 5.18. The van der Waals surface area contributed by atoms with E-state index >= 15 is 0 Å². The molecule has 0 aliphatic carbocycles. The summed E-state index contributed by atoms with van der Waals surface area (Å²) in [5.74, 6) is 0.613. The van der Waals surface area contributed by atoms with Crippen LogP contribution in [0.5, 0.6) is 0 Å². The van der Waals surface area contributed by atoms with Gasteiger partial charge in [0.1, 0.15) is 0 Å². The summed E-state index contributed by atoms with van der Waals surface area (Å²) >= 11 is 0. The molecule has 64 valence electrons. The van der Waals surface area contributed by atoms with Crippen LogP contribution in [0.1, 0.15) is 20.8 Å². The lowest BCUT2D eigenvalue weighted by molar-refractivity contribution is 0.824. The van der Waals surface area contributed by atoms with Gasteiger partial charge in [-0.1, -0.05) is 32.6 Å². The van der Waals surface area contributed by atoms with Crippen LogP contribution in [0.2, 0.25) is 0 Å². The molecule has 0 saturated heterocycles. The second-order valence-electron chi connectivity index (χ2n) is 2.38. The smallest absolute Gasteiger partial charge is 0.00333 e. The molecule has 0 aliphatic rings. The molecule has 0 fully saturated rings. The maximum absolute atomic E-state index is 3.50. The Bertz CT molecular complexity index is 112. The fourth-order valence-corrected chi connectivity index (χ4v) is 0.316. The average molecular weight is 153 g/mol. The first kappa shape index (κ1) is 12.7. The van der Waals surface area contributed by atoms with Crippen LogP contribution >= 0.6 is 0 Å². The average Bonchev–Trinajstić information content (AvgIpc) is 1.89. The molecule has 0 bridgehead atoms. The van der Waals surface area contributed by atoms with Gasteiger partial charge in [0.25, 0.3) is 0 Å². The van der Waals surface area contributed by atoms with Gasteiger partial charge in [-0.05, 0) is 25.2 Å². The third-order valence-corrected chi connectivity index (χ3v) is 0.695. The zero-order valence-electron chi connectivity index (χ0n) is 7.80. The van der Waals surface area contributed by atoms with Crippen molar-refractivity contribution in [3.8, 4) is 0 Å². The topological polar surface area (TPSA) is 12.0 Å². The van der Waals surface area contributed by atoms with Crippen LogP contribution in [-0.4, -0.2) is 0 Å². The first-order valence-corrected chi connectivity index (χ1v) is 3.79. The molecule has 0 unspecified atom stereocenters. The summed E-state index contributed by atoms with van der Waals surface area (Å²) in [4.78, 5) is 0. The van der Waals surface area contributed by atoms with E-state index in [9.17, 15) is 0 Å². The van der Waals surface area contributed by atoms with E-state index in [1.165, 1.54) is 0 Å². The van der Waals surface area contributed by atoms with Crippen molar-refractivity contribution in [3.63, 3.8) is 0 Å². The van der Waals surface area contributed by atoms with Crippen molar-refractivity contribution in [2.24, 2.45) is 5.92 Å². The molecule has 0 spiro atoms. The van der Waals surface area contributed by atoms with Gasteiger partial charge in [-0.15, -0.1) is 6.58 Å². The Morgan fingerprint density at radius 2 is 1.73 bits per heavy atom. The molecule has 0 aromatic carbocycles. The third-order valence-electron chi connectivity index (χ3n) is 0.695. The summed E-state index contributed by atoms with van der Waals surface area (Å²) in [7, 11) is 0. The Balaban J connectivity index is 0. The summed E-state index contributed by atoms with van der Waals surface area (Å²) in [6, 6.07) is 0. The molecule has 1 N–H and O–H groups in total. The standard InChI is InChI=1S/C7H13N.C3H6/c1-4-8-6-5-7(2)3;1-3-2/h4-8H,1H2,2-3H3;3H,1H2,2H3/b6-5-;. The fraction of sp³-hybridized carbons (Fsp3) is 0.400. The van der Waals surface area contributed by atoms with Crippen molar-refractivity contribution in [1.82, 2.24) is 5.32 Å². The van der Waals surface area contributed by atoms with Gasteiger partial charge in [0, 0.05) is 0 Å². The molecular weight excluding hydrogens is 134 g/mol. The molecule has 0 atom stereocenters. The quantitative estimate of drug-likeness (QED) is 0.614. The molecule has 0 aliphatic heterocycles. The largest absolute Gasteiger partial charge is 0.369 e. The van der Waals surface area contributed by atoms with Crippen LogP contribution in [0, 0.1) is 5.92 Å². The zero-order valence-corrected chi connectivity index (χ0v) is 7.80. The van der Waals surface area contributed by atoms with Crippen molar-refractivity contribution in [2.75, 3.05) is 0 Å². The lowest BCUT2D eigenvalue weighted by atomic mass is 10.2. The number of hydrogen-bond donors (Lipinski definition) is 1. The number of allylic oxidation sites excluding steroid dienone is 2. The van der Waals surface area contributed by atoms with Gasteiger partial charge in [0.15, 0.2) is 0 Å². The highest BCUT2D eigenvalue weighted by Gasteiger charge is 1.78. The van der Waals surface area contributed by atoms with E-state index in [1.807, 2.05) is 13.1 Å². The second-order valence-corrected chi connectivity index (χ2v) is 2.38. The molecule has 0 rings (SSSR count). The van der Waals surface area contributed by atoms with Gasteiger partial charge in [-0.3, -0.25) is 0 Å². The monoisotopic (exact) mass is 153 g/mol. The molecule has 1 nitrogen and oxygen atoms in total. The van der Waals surface area contributed by atoms with E-state index in [4.69, 9.17) is 0 Å². The predicted octanol–water partition coefficient (Wildman–Crippen LogP) is 3.08. The Hall–Kier alpha value is -0.980. The van der Waals surface area contributed by atoms with Crippen LogP contribution < -0.4 is 5.32 Å². The molecule has 11 heavy (non-hydrogen) atoms. The summed E-state index contributed by atoms with van der Waals surface area (Å²) < 4.78 is 0. The highest BCUT2D eigenvalue weighted by atomic mass is 14.8. The Kier molecular flexibility index (Phi) is 13.6. The molecular formula is C10H19N. The number of hydrogen-bond acceptors (Lipinski definition) is 1. The van der Waals surface area contributed by atoms with Crippen LogP contribution in [0.25, 0.3) is 0 Å². The SMILES string of the molecule is C=CC.C=CN/C=C\C(C)C. The number of rotatable bonds is 3. The van der Waals surface area contributed by atoms with Gasteiger partial charge in [-0.2, -0.15) is 0 Å². The van der Waals surface area contributed by atoms with Crippen LogP contribution in [0.4, 0.5) is 0 Å². The van der Waals surface area contributed by atoms with Crippen molar-refractivity contribution in [3.05, 3.63) is 37.7 Å². The van der Waals surface area contributed by atoms with E-state index in [-0.39, 0.29) is 0 Å². The van der Waals surface area contributed by atoms with Crippen LogP contribution in [0.15, 0.2) is 37.7 Å². The lowest BCUT2D eigenvalue weighted by Gasteiger charge is -1.91. The summed E-state index contributed by atoms with van der Waals surface area (Å²) in [6.45, 7) is 13.0. The maximum Gasteiger partial charge on any atom is -0.00333 e. The minimum Gasteiger partial charge on any atom is -0.369 e. The Labute approximate surface area is 70.5 Å². The van der Waals surface area contributed by atoms with Crippen molar-refractivity contribution >= 4 is 0 Å². The second kappa shape index (κ2) is 11.8. The minimum atomic E-state index is 0.613. The number of nitrogens with one attached hydrogen (secondary N) is 1. The molecule has 0 aromatic rings. The van der Waals surface area contributed by atoms with E-state index in [2.05, 4.69) is 38.4 Å².